The molecule has 0 amide bonds. The quantitative estimate of drug-likeness (QED) is 0.311. The number of carbonyl (C=O) groups excluding carboxylic acids is 4. The number of rotatable bonds is 6. The Balaban J connectivity index is 1.94. The summed E-state index contributed by atoms with van der Waals surface area (Å²) in [5, 5.41) is 34.9. The highest BCUT2D eigenvalue weighted by atomic mass is 16.6. The summed E-state index contributed by atoms with van der Waals surface area (Å²) in [6.07, 6.45) is -2.43. The second-order valence-corrected chi connectivity index (χ2v) is 12.4. The van der Waals surface area contributed by atoms with Crippen molar-refractivity contribution in [1.82, 2.24) is 0 Å². The summed E-state index contributed by atoms with van der Waals surface area (Å²) in [7, 11) is 0. The van der Waals surface area contributed by atoms with Crippen LogP contribution in [0.25, 0.3) is 0 Å². The molecule has 10 atom stereocenters. The molecule has 0 saturated heterocycles. The Kier molecular flexibility index (Phi) is 7.77. The molecule has 4 aliphatic rings. The van der Waals surface area contributed by atoms with E-state index in [0.717, 1.165) is 0 Å². The molecule has 0 radical (unpaired) electrons. The molecule has 0 aromatic carbocycles. The number of fused-ring (bicyclic) bond motifs is 5. The van der Waals surface area contributed by atoms with E-state index in [1.807, 2.05) is 0 Å². The summed E-state index contributed by atoms with van der Waals surface area (Å²) in [5.74, 6) is -6.10. The minimum atomic E-state index is -1.73. The van der Waals surface area contributed by atoms with Gasteiger partial charge in [0.1, 0.15) is 24.9 Å². The van der Waals surface area contributed by atoms with Crippen LogP contribution in [-0.4, -0.2) is 81.3 Å². The number of aliphatic carboxylic acids is 1. The second-order valence-electron chi connectivity index (χ2n) is 12.4. The summed E-state index contributed by atoms with van der Waals surface area (Å²) < 4.78 is 22.7. The molecule has 4 rings (SSSR count). The molecule has 40 heavy (non-hydrogen) atoms. The number of hydrogen-bond donors (Lipinski definition) is 3. The highest BCUT2D eigenvalue weighted by Crippen LogP contribution is 2.70. The average molecular weight is 569 g/mol. The molecule has 12 nitrogen and oxygen atoms in total. The van der Waals surface area contributed by atoms with E-state index in [4.69, 9.17) is 18.9 Å². The van der Waals surface area contributed by atoms with Crippen LogP contribution >= 0.6 is 0 Å². The van der Waals surface area contributed by atoms with E-state index in [2.05, 4.69) is 0 Å². The number of carboxylic acid groups (broad SMARTS) is 1. The topological polar surface area (TPSA) is 183 Å². The molecule has 3 N–H and O–H groups in total. The molecule has 0 unspecified atom stereocenters. The van der Waals surface area contributed by atoms with Crippen molar-refractivity contribution in [2.45, 2.75) is 109 Å². The van der Waals surface area contributed by atoms with Gasteiger partial charge in [0.05, 0.1) is 22.5 Å². The van der Waals surface area contributed by atoms with Crippen LogP contribution in [0.2, 0.25) is 0 Å². The maximum absolute atomic E-state index is 12.5. The molecule has 0 spiro atoms. The van der Waals surface area contributed by atoms with Gasteiger partial charge in [0.25, 0.3) is 0 Å². The molecule has 4 aliphatic carbocycles. The van der Waals surface area contributed by atoms with E-state index in [1.54, 1.807) is 6.92 Å². The van der Waals surface area contributed by atoms with E-state index < -0.39 is 94.6 Å². The van der Waals surface area contributed by atoms with Gasteiger partial charge >= 0.3 is 29.8 Å². The lowest BCUT2D eigenvalue weighted by atomic mass is 9.40. The van der Waals surface area contributed by atoms with Crippen molar-refractivity contribution in [1.29, 1.82) is 0 Å². The van der Waals surface area contributed by atoms with Crippen molar-refractivity contribution in [3.8, 4) is 0 Å². The van der Waals surface area contributed by atoms with E-state index >= 15 is 0 Å². The molecule has 0 bridgehead atoms. The van der Waals surface area contributed by atoms with E-state index in [9.17, 15) is 39.3 Å². The van der Waals surface area contributed by atoms with Crippen LogP contribution in [0.1, 0.15) is 79.6 Å². The maximum Gasteiger partial charge on any atom is 0.307 e. The van der Waals surface area contributed by atoms with E-state index in [-0.39, 0.29) is 44.9 Å². The van der Waals surface area contributed by atoms with E-state index in [1.165, 1.54) is 27.7 Å². The molecule has 12 heteroatoms. The van der Waals surface area contributed by atoms with Crippen molar-refractivity contribution in [2.75, 3.05) is 6.61 Å². The van der Waals surface area contributed by atoms with Gasteiger partial charge in [-0.05, 0) is 38.0 Å². The summed E-state index contributed by atoms with van der Waals surface area (Å²) in [4.78, 5) is 61.2. The fourth-order valence-electron chi connectivity index (χ4n) is 9.01. The first kappa shape index (κ1) is 30.2. The summed E-state index contributed by atoms with van der Waals surface area (Å²) in [5.41, 5.74) is -5.97. The van der Waals surface area contributed by atoms with Gasteiger partial charge in [-0.1, -0.05) is 6.92 Å². The first-order chi connectivity index (χ1) is 18.5. The Morgan fingerprint density at radius 2 is 1.45 bits per heavy atom. The van der Waals surface area contributed by atoms with Gasteiger partial charge in [0.15, 0.2) is 0 Å². The zero-order valence-corrected chi connectivity index (χ0v) is 23.6. The number of aliphatic hydroxyl groups is 2. The first-order valence-corrected chi connectivity index (χ1v) is 13.8. The summed E-state index contributed by atoms with van der Waals surface area (Å²) in [6, 6.07) is 0. The smallest absolute Gasteiger partial charge is 0.307 e. The SMILES string of the molecule is CC(=O)OC[C@@]12[C@@H]3[C@@H](CC[C@@]1(O)C[C@@H](OC(C)=O)C[C@@H]2OC(C)=O)[C@]1(O)CC[C@H](C(=O)O)[C@@]1(C)C[C@H]3OC(C)=O. The van der Waals surface area contributed by atoms with Gasteiger partial charge in [-0.25, -0.2) is 0 Å². The number of carbonyl (C=O) groups is 5. The van der Waals surface area contributed by atoms with Crippen LogP contribution in [0.4, 0.5) is 0 Å². The first-order valence-electron chi connectivity index (χ1n) is 13.8. The minimum Gasteiger partial charge on any atom is -0.481 e. The highest BCUT2D eigenvalue weighted by molar-refractivity contribution is 5.72. The monoisotopic (exact) mass is 568 g/mol. The summed E-state index contributed by atoms with van der Waals surface area (Å²) in [6.45, 7) is 6.12. The minimum absolute atomic E-state index is 0.0216. The second kappa shape index (κ2) is 10.3. The lowest BCUT2D eigenvalue weighted by molar-refractivity contribution is -0.320. The van der Waals surface area contributed by atoms with Crippen molar-refractivity contribution in [2.24, 2.45) is 28.6 Å². The Morgan fingerprint density at radius 3 is 2.00 bits per heavy atom. The van der Waals surface area contributed by atoms with Crippen LogP contribution in [-0.2, 0) is 42.9 Å². The molecular weight excluding hydrogens is 528 g/mol. The van der Waals surface area contributed by atoms with Crippen LogP contribution in [0, 0.1) is 28.6 Å². The Morgan fingerprint density at radius 1 is 0.825 bits per heavy atom. The van der Waals surface area contributed by atoms with Gasteiger partial charge in [0, 0.05) is 51.9 Å². The normalized spacial score (nSPS) is 43.8. The van der Waals surface area contributed by atoms with Gasteiger partial charge < -0.3 is 34.3 Å². The van der Waals surface area contributed by atoms with Gasteiger partial charge in [-0.3, -0.25) is 24.0 Å². The number of hydrogen-bond acceptors (Lipinski definition) is 11. The van der Waals surface area contributed by atoms with Gasteiger partial charge in [-0.15, -0.1) is 0 Å². The molecule has 0 aromatic rings. The molecule has 0 heterocycles. The molecular formula is C28H40O12. The summed E-state index contributed by atoms with van der Waals surface area (Å²) >= 11 is 0. The van der Waals surface area contributed by atoms with Gasteiger partial charge in [-0.2, -0.15) is 0 Å². The fourth-order valence-corrected chi connectivity index (χ4v) is 9.01. The molecule has 4 saturated carbocycles. The average Bonchev–Trinajstić information content (AvgIpc) is 3.07. The largest absolute Gasteiger partial charge is 0.481 e. The fraction of sp³-hybridized carbons (Fsp3) is 0.821. The predicted octanol–water partition coefficient (Wildman–Crippen LogP) is 1.52. The van der Waals surface area contributed by atoms with E-state index in [0.29, 0.717) is 0 Å². The standard InChI is InChI=1S/C28H40O12/c1-14(29)37-13-27-22(40-17(4)32)10-18(38-15(2)30)11-26(27,35)8-6-19-23(27)21(39-16(3)31)12-25(5)20(24(33)34)7-9-28(19,25)36/h18-23,35-36H,6-13H2,1-5H3,(H,33,34)/t18-,19+,20+,21+,22-,23+,25+,26+,27+,28+/m0/s1. The van der Waals surface area contributed by atoms with Crippen molar-refractivity contribution in [3.63, 3.8) is 0 Å². The Hall–Kier alpha value is -2.73. The molecule has 224 valence electrons. The van der Waals surface area contributed by atoms with Crippen molar-refractivity contribution in [3.05, 3.63) is 0 Å². The van der Waals surface area contributed by atoms with Crippen molar-refractivity contribution < 1.29 is 58.2 Å². The molecule has 4 fully saturated rings. The zero-order chi connectivity index (χ0) is 29.8. The number of carboxylic acids is 1. The third kappa shape index (κ3) is 4.56. The lowest BCUT2D eigenvalue weighted by Gasteiger charge is -2.68. The van der Waals surface area contributed by atoms with Crippen LogP contribution in [0.5, 0.6) is 0 Å². The Bertz CT molecular complexity index is 1090. The number of ether oxygens (including phenoxy) is 4. The predicted molar refractivity (Wildman–Crippen MR) is 134 cm³/mol. The third-order valence-electron chi connectivity index (χ3n) is 10.4. The van der Waals surface area contributed by atoms with Crippen LogP contribution in [0.3, 0.4) is 0 Å². The Labute approximate surface area is 232 Å². The zero-order valence-electron chi connectivity index (χ0n) is 23.6. The highest BCUT2D eigenvalue weighted by Gasteiger charge is 2.77. The molecule has 0 aliphatic heterocycles. The lowest BCUT2D eigenvalue weighted by Crippen LogP contribution is -2.76. The van der Waals surface area contributed by atoms with Crippen molar-refractivity contribution >= 4 is 29.8 Å². The van der Waals surface area contributed by atoms with Gasteiger partial charge in [0.2, 0.25) is 0 Å². The number of esters is 4. The third-order valence-corrected chi connectivity index (χ3v) is 10.4. The molecule has 0 aromatic heterocycles. The van der Waals surface area contributed by atoms with Crippen LogP contribution in [0.15, 0.2) is 0 Å². The van der Waals surface area contributed by atoms with Crippen LogP contribution < -0.4 is 0 Å². The maximum atomic E-state index is 12.5.